The number of hydrogen-bond acceptors (Lipinski definition) is 3. The Labute approximate surface area is 116 Å². The molecule has 1 saturated carbocycles. The molecule has 0 saturated heterocycles. The van der Waals surface area contributed by atoms with Crippen molar-refractivity contribution >= 4 is 11.5 Å². The summed E-state index contributed by atoms with van der Waals surface area (Å²) in [6.45, 7) is 2.16. The molecular weight excluding hydrogens is 236 g/mol. The van der Waals surface area contributed by atoms with E-state index in [1.54, 1.807) is 0 Å². The first kappa shape index (κ1) is 14.2. The number of aromatic nitrogens is 2. The first-order valence-corrected chi connectivity index (χ1v) is 7.80. The van der Waals surface area contributed by atoms with Crippen molar-refractivity contribution in [2.45, 2.75) is 70.8 Å². The van der Waals surface area contributed by atoms with Crippen LogP contribution in [0.5, 0.6) is 0 Å². The Bertz CT molecular complexity index is 389. The third-order valence-electron chi connectivity index (χ3n) is 4.09. The molecule has 4 nitrogen and oxygen atoms in total. The molecule has 0 amide bonds. The van der Waals surface area contributed by atoms with Crippen molar-refractivity contribution in [3.8, 4) is 0 Å². The van der Waals surface area contributed by atoms with E-state index in [9.17, 15) is 0 Å². The number of anilines is 2. The Balaban J connectivity index is 2.04. The molecule has 1 heterocycles. The lowest BCUT2D eigenvalue weighted by atomic mass is 9.97. The maximum Gasteiger partial charge on any atom is 0.147 e. The quantitative estimate of drug-likeness (QED) is 0.875. The van der Waals surface area contributed by atoms with Crippen LogP contribution in [-0.4, -0.2) is 15.8 Å². The van der Waals surface area contributed by atoms with E-state index in [2.05, 4.69) is 17.3 Å². The molecule has 0 radical (unpaired) electrons. The number of hydrogen-bond donors (Lipinski definition) is 2. The van der Waals surface area contributed by atoms with Gasteiger partial charge in [-0.1, -0.05) is 45.4 Å². The van der Waals surface area contributed by atoms with Gasteiger partial charge in [-0.3, -0.25) is 4.68 Å². The topological polar surface area (TPSA) is 55.9 Å². The third kappa shape index (κ3) is 3.64. The van der Waals surface area contributed by atoms with Gasteiger partial charge in [0.25, 0.3) is 0 Å². The van der Waals surface area contributed by atoms with Gasteiger partial charge in [-0.05, 0) is 19.3 Å². The second-order valence-corrected chi connectivity index (χ2v) is 5.77. The summed E-state index contributed by atoms with van der Waals surface area (Å²) in [5.74, 6) is 1.02. The van der Waals surface area contributed by atoms with Crippen molar-refractivity contribution in [2.24, 2.45) is 7.05 Å². The maximum absolute atomic E-state index is 6.23. The summed E-state index contributed by atoms with van der Waals surface area (Å²) in [5, 5.41) is 8.18. The first-order valence-electron chi connectivity index (χ1n) is 7.80. The zero-order chi connectivity index (χ0) is 13.7. The average molecular weight is 264 g/mol. The number of rotatable bonds is 4. The zero-order valence-electron chi connectivity index (χ0n) is 12.4. The van der Waals surface area contributed by atoms with E-state index >= 15 is 0 Å². The molecular formula is C15H28N4. The Morgan fingerprint density at radius 3 is 2.47 bits per heavy atom. The van der Waals surface area contributed by atoms with E-state index < -0.39 is 0 Å². The number of nitrogens with zero attached hydrogens (tertiary/aromatic N) is 2. The molecule has 19 heavy (non-hydrogen) atoms. The molecule has 2 rings (SSSR count). The van der Waals surface area contributed by atoms with Crippen LogP contribution in [-0.2, 0) is 13.5 Å². The largest absolute Gasteiger partial charge is 0.394 e. The van der Waals surface area contributed by atoms with Crippen molar-refractivity contribution < 1.29 is 0 Å². The number of nitrogens with one attached hydrogen (secondary N) is 1. The molecule has 0 unspecified atom stereocenters. The van der Waals surface area contributed by atoms with Crippen molar-refractivity contribution in [1.82, 2.24) is 9.78 Å². The summed E-state index contributed by atoms with van der Waals surface area (Å²) in [5.41, 5.74) is 8.12. The first-order chi connectivity index (χ1) is 9.22. The van der Waals surface area contributed by atoms with Gasteiger partial charge in [0.05, 0.1) is 11.4 Å². The van der Waals surface area contributed by atoms with Gasteiger partial charge in [-0.15, -0.1) is 0 Å². The van der Waals surface area contributed by atoms with Crippen LogP contribution in [0, 0.1) is 0 Å². The highest BCUT2D eigenvalue weighted by Gasteiger charge is 2.17. The standard InChI is InChI=1S/C15H28N4/c1-3-9-13-14(16)15(19(2)18-13)17-12-10-7-5-4-6-8-11-12/h12,17H,3-11,16H2,1-2H3. The lowest BCUT2D eigenvalue weighted by Gasteiger charge is -2.22. The van der Waals surface area contributed by atoms with Crippen LogP contribution in [0.25, 0.3) is 0 Å². The number of nitrogen functional groups attached to an aromatic ring is 1. The Hall–Kier alpha value is -1.19. The van der Waals surface area contributed by atoms with E-state index in [0.29, 0.717) is 6.04 Å². The molecule has 0 aliphatic heterocycles. The van der Waals surface area contributed by atoms with Gasteiger partial charge in [0.2, 0.25) is 0 Å². The van der Waals surface area contributed by atoms with Gasteiger partial charge in [0.15, 0.2) is 0 Å². The normalized spacial score (nSPS) is 18.0. The smallest absolute Gasteiger partial charge is 0.147 e. The van der Waals surface area contributed by atoms with Crippen LogP contribution in [0.15, 0.2) is 0 Å². The van der Waals surface area contributed by atoms with Crippen LogP contribution in [0.2, 0.25) is 0 Å². The van der Waals surface area contributed by atoms with E-state index in [-0.39, 0.29) is 0 Å². The Kier molecular flexibility index (Phi) is 5.11. The molecule has 0 bridgehead atoms. The van der Waals surface area contributed by atoms with Gasteiger partial charge in [-0.25, -0.2) is 0 Å². The van der Waals surface area contributed by atoms with Crippen LogP contribution in [0.1, 0.15) is 64.0 Å². The molecule has 3 N–H and O–H groups in total. The molecule has 1 fully saturated rings. The molecule has 4 heteroatoms. The minimum Gasteiger partial charge on any atom is -0.394 e. The highest BCUT2D eigenvalue weighted by atomic mass is 15.3. The third-order valence-corrected chi connectivity index (χ3v) is 4.09. The molecule has 1 aliphatic carbocycles. The predicted octanol–water partition coefficient (Wildman–Crippen LogP) is 3.48. The average Bonchev–Trinajstić information content (AvgIpc) is 2.60. The lowest BCUT2D eigenvalue weighted by Crippen LogP contribution is -2.22. The van der Waals surface area contributed by atoms with Gasteiger partial charge in [0, 0.05) is 13.1 Å². The molecule has 1 aromatic heterocycles. The molecule has 1 aliphatic rings. The highest BCUT2D eigenvalue weighted by Crippen LogP contribution is 2.26. The second-order valence-electron chi connectivity index (χ2n) is 5.77. The van der Waals surface area contributed by atoms with Crippen molar-refractivity contribution in [3.05, 3.63) is 5.69 Å². The molecule has 0 spiro atoms. The van der Waals surface area contributed by atoms with Crippen LogP contribution >= 0.6 is 0 Å². The van der Waals surface area contributed by atoms with Crippen LogP contribution in [0.3, 0.4) is 0 Å². The van der Waals surface area contributed by atoms with E-state index in [4.69, 9.17) is 5.73 Å². The van der Waals surface area contributed by atoms with Gasteiger partial charge < -0.3 is 11.1 Å². The molecule has 0 aromatic carbocycles. The summed E-state index contributed by atoms with van der Waals surface area (Å²) in [4.78, 5) is 0. The highest BCUT2D eigenvalue weighted by molar-refractivity contribution is 5.65. The van der Waals surface area contributed by atoms with E-state index in [1.165, 1.54) is 44.9 Å². The Morgan fingerprint density at radius 1 is 1.21 bits per heavy atom. The van der Waals surface area contributed by atoms with E-state index in [1.807, 2.05) is 11.7 Å². The van der Waals surface area contributed by atoms with Crippen molar-refractivity contribution in [2.75, 3.05) is 11.1 Å². The predicted molar refractivity (Wildman–Crippen MR) is 81.3 cm³/mol. The molecule has 108 valence electrons. The fourth-order valence-corrected chi connectivity index (χ4v) is 2.98. The van der Waals surface area contributed by atoms with Gasteiger partial charge in [-0.2, -0.15) is 5.10 Å². The fraction of sp³-hybridized carbons (Fsp3) is 0.800. The summed E-state index contributed by atoms with van der Waals surface area (Å²) < 4.78 is 1.92. The SMILES string of the molecule is CCCc1nn(C)c(NC2CCCCCCC2)c1N. The summed E-state index contributed by atoms with van der Waals surface area (Å²) in [6.07, 6.45) is 11.4. The zero-order valence-corrected chi connectivity index (χ0v) is 12.4. The van der Waals surface area contributed by atoms with Crippen molar-refractivity contribution in [1.29, 1.82) is 0 Å². The molecule has 0 atom stereocenters. The number of aryl methyl sites for hydroxylation is 2. The minimum absolute atomic E-state index is 0.562. The van der Waals surface area contributed by atoms with Gasteiger partial charge in [0.1, 0.15) is 5.82 Å². The minimum atomic E-state index is 0.562. The van der Waals surface area contributed by atoms with Crippen LogP contribution < -0.4 is 11.1 Å². The second kappa shape index (κ2) is 6.83. The van der Waals surface area contributed by atoms with E-state index in [0.717, 1.165) is 30.0 Å². The summed E-state index contributed by atoms with van der Waals surface area (Å²) >= 11 is 0. The fourth-order valence-electron chi connectivity index (χ4n) is 2.98. The molecule has 1 aromatic rings. The number of nitrogens with two attached hydrogens (primary N) is 1. The lowest BCUT2D eigenvalue weighted by molar-refractivity contribution is 0.469. The summed E-state index contributed by atoms with van der Waals surface area (Å²) in [7, 11) is 1.99. The van der Waals surface area contributed by atoms with Crippen LogP contribution in [0.4, 0.5) is 11.5 Å². The Morgan fingerprint density at radius 2 is 1.84 bits per heavy atom. The monoisotopic (exact) mass is 264 g/mol. The van der Waals surface area contributed by atoms with Crippen molar-refractivity contribution in [3.63, 3.8) is 0 Å². The maximum atomic E-state index is 6.23. The summed E-state index contributed by atoms with van der Waals surface area (Å²) in [6, 6.07) is 0.562. The van der Waals surface area contributed by atoms with Gasteiger partial charge >= 0.3 is 0 Å².